The summed E-state index contributed by atoms with van der Waals surface area (Å²) in [5.74, 6) is 2.04. The minimum Gasteiger partial charge on any atom is -0.0874 e. The fraction of sp³-hybridized carbons (Fsp3) is 0.600. The molecule has 2 aliphatic carbocycles. The van der Waals surface area contributed by atoms with Crippen molar-refractivity contribution < 1.29 is 0 Å². The topological polar surface area (TPSA) is 0 Å². The molecular formula is C15H22. The molecule has 0 bridgehead atoms. The molecule has 0 fully saturated rings. The highest BCUT2D eigenvalue weighted by atomic mass is 14.4. The van der Waals surface area contributed by atoms with Crippen LogP contribution in [-0.4, -0.2) is 0 Å². The number of hydrogen-bond donors (Lipinski definition) is 0. The van der Waals surface area contributed by atoms with Gasteiger partial charge in [-0.3, -0.25) is 0 Å². The summed E-state index contributed by atoms with van der Waals surface area (Å²) >= 11 is 0. The normalized spacial score (nSPS) is 39.1. The molecule has 15 heavy (non-hydrogen) atoms. The van der Waals surface area contributed by atoms with Gasteiger partial charge in [-0.25, -0.2) is 0 Å². The highest BCUT2D eigenvalue weighted by Crippen LogP contribution is 2.46. The molecule has 2 rings (SSSR count). The summed E-state index contributed by atoms with van der Waals surface area (Å²) in [6, 6.07) is 0. The highest BCUT2D eigenvalue weighted by Gasteiger charge is 2.36. The molecule has 2 unspecified atom stereocenters. The highest BCUT2D eigenvalue weighted by molar-refractivity contribution is 5.32. The number of fused-ring (bicyclic) bond motifs is 1. The summed E-state index contributed by atoms with van der Waals surface area (Å²) in [5.41, 5.74) is 1.88. The van der Waals surface area contributed by atoms with Gasteiger partial charge in [-0.2, -0.15) is 0 Å². The summed E-state index contributed by atoms with van der Waals surface area (Å²) in [4.78, 5) is 0. The second kappa shape index (κ2) is 3.66. The van der Waals surface area contributed by atoms with Gasteiger partial charge in [0, 0.05) is 0 Å². The van der Waals surface area contributed by atoms with Gasteiger partial charge < -0.3 is 0 Å². The molecular weight excluding hydrogens is 180 g/mol. The van der Waals surface area contributed by atoms with Crippen LogP contribution in [0.5, 0.6) is 0 Å². The molecule has 0 saturated carbocycles. The third kappa shape index (κ3) is 1.82. The third-order valence-electron chi connectivity index (χ3n) is 4.02. The molecule has 0 aromatic heterocycles. The average molecular weight is 202 g/mol. The Kier molecular flexibility index (Phi) is 2.62. The summed E-state index contributed by atoms with van der Waals surface area (Å²) in [5, 5.41) is 0. The molecule has 0 spiro atoms. The van der Waals surface area contributed by atoms with E-state index in [0.717, 1.165) is 0 Å². The van der Waals surface area contributed by atoms with E-state index in [0.29, 0.717) is 23.2 Å². The molecule has 0 heterocycles. The van der Waals surface area contributed by atoms with Crippen LogP contribution >= 0.6 is 0 Å². The summed E-state index contributed by atoms with van der Waals surface area (Å²) < 4.78 is 0. The molecule has 0 radical (unpaired) electrons. The molecule has 0 heteroatoms. The van der Waals surface area contributed by atoms with Crippen LogP contribution in [0.4, 0.5) is 0 Å². The lowest BCUT2D eigenvalue weighted by Crippen LogP contribution is -2.33. The SMILES string of the molecule is CC(C)C1=CC2C(C)C=CC[C@@]2(C)C=C1. The van der Waals surface area contributed by atoms with Gasteiger partial charge in [0.05, 0.1) is 0 Å². The van der Waals surface area contributed by atoms with Crippen molar-refractivity contribution in [3.63, 3.8) is 0 Å². The molecule has 0 nitrogen and oxygen atoms in total. The van der Waals surface area contributed by atoms with E-state index in [1.165, 1.54) is 12.0 Å². The monoisotopic (exact) mass is 202 g/mol. The lowest BCUT2D eigenvalue weighted by Gasteiger charge is -2.41. The van der Waals surface area contributed by atoms with Crippen molar-refractivity contribution in [3.8, 4) is 0 Å². The van der Waals surface area contributed by atoms with E-state index in [2.05, 4.69) is 58.1 Å². The quantitative estimate of drug-likeness (QED) is 0.554. The second-order valence-corrected chi connectivity index (χ2v) is 5.68. The van der Waals surface area contributed by atoms with Gasteiger partial charge in [-0.05, 0) is 35.2 Å². The van der Waals surface area contributed by atoms with E-state index in [1.807, 2.05) is 0 Å². The lowest BCUT2D eigenvalue weighted by molar-refractivity contribution is 0.241. The number of allylic oxidation sites excluding steroid dienone is 6. The van der Waals surface area contributed by atoms with Gasteiger partial charge in [0.15, 0.2) is 0 Å². The maximum atomic E-state index is 2.51. The zero-order valence-electron chi connectivity index (χ0n) is 10.3. The minimum atomic E-state index is 0.368. The molecule has 2 aliphatic rings. The molecule has 0 aromatic rings. The average Bonchev–Trinajstić information content (AvgIpc) is 2.17. The maximum absolute atomic E-state index is 2.51. The third-order valence-corrected chi connectivity index (χ3v) is 4.02. The van der Waals surface area contributed by atoms with E-state index in [9.17, 15) is 0 Å². The van der Waals surface area contributed by atoms with Gasteiger partial charge >= 0.3 is 0 Å². The van der Waals surface area contributed by atoms with Crippen LogP contribution in [0.1, 0.15) is 34.1 Å². The molecule has 0 aromatic carbocycles. The first-order chi connectivity index (χ1) is 7.03. The van der Waals surface area contributed by atoms with Crippen LogP contribution < -0.4 is 0 Å². The smallest absolute Gasteiger partial charge is 0.00404 e. The summed E-state index contributed by atoms with van der Waals surface area (Å²) in [6.07, 6.45) is 13.2. The molecule has 0 saturated heterocycles. The lowest BCUT2D eigenvalue weighted by atomic mass is 9.63. The first-order valence-electron chi connectivity index (χ1n) is 6.10. The Morgan fingerprint density at radius 2 is 2.13 bits per heavy atom. The predicted molar refractivity (Wildman–Crippen MR) is 66.6 cm³/mol. The van der Waals surface area contributed by atoms with Crippen molar-refractivity contribution in [2.75, 3.05) is 0 Å². The molecule has 0 N–H and O–H groups in total. The van der Waals surface area contributed by atoms with Gasteiger partial charge in [0.25, 0.3) is 0 Å². The number of hydrogen-bond acceptors (Lipinski definition) is 0. The molecule has 0 aliphatic heterocycles. The van der Waals surface area contributed by atoms with Crippen molar-refractivity contribution >= 4 is 0 Å². The molecule has 0 amide bonds. The maximum Gasteiger partial charge on any atom is -0.00404 e. The van der Waals surface area contributed by atoms with E-state index in [4.69, 9.17) is 0 Å². The van der Waals surface area contributed by atoms with Crippen molar-refractivity contribution in [3.05, 3.63) is 36.0 Å². The van der Waals surface area contributed by atoms with E-state index < -0.39 is 0 Å². The Hall–Kier alpha value is -0.780. The predicted octanol–water partition coefficient (Wildman–Crippen LogP) is 4.36. The Bertz CT molecular complexity index is 330. The second-order valence-electron chi connectivity index (χ2n) is 5.68. The van der Waals surface area contributed by atoms with Gasteiger partial charge in [-0.15, -0.1) is 0 Å². The fourth-order valence-corrected chi connectivity index (χ4v) is 2.85. The van der Waals surface area contributed by atoms with Crippen LogP contribution in [0.3, 0.4) is 0 Å². The van der Waals surface area contributed by atoms with Crippen molar-refractivity contribution in [1.82, 2.24) is 0 Å². The van der Waals surface area contributed by atoms with Gasteiger partial charge in [0.1, 0.15) is 0 Å². The Morgan fingerprint density at radius 3 is 2.80 bits per heavy atom. The van der Waals surface area contributed by atoms with Crippen LogP contribution in [0.2, 0.25) is 0 Å². The summed E-state index contributed by atoms with van der Waals surface area (Å²) in [7, 11) is 0. The van der Waals surface area contributed by atoms with Crippen LogP contribution in [0, 0.1) is 23.2 Å². The Labute approximate surface area is 93.8 Å². The van der Waals surface area contributed by atoms with Crippen LogP contribution in [-0.2, 0) is 0 Å². The number of rotatable bonds is 1. The van der Waals surface area contributed by atoms with Crippen molar-refractivity contribution in [2.24, 2.45) is 23.2 Å². The van der Waals surface area contributed by atoms with E-state index >= 15 is 0 Å². The van der Waals surface area contributed by atoms with Gasteiger partial charge in [0.2, 0.25) is 0 Å². The standard InChI is InChI=1S/C15H22/c1-11(2)13-7-9-15(4)8-5-6-12(3)14(15)10-13/h5-7,9-12,14H,8H2,1-4H3/t12?,14?,15-/m0/s1. The van der Waals surface area contributed by atoms with Crippen LogP contribution in [0.25, 0.3) is 0 Å². The first kappa shape index (κ1) is 10.7. The Morgan fingerprint density at radius 1 is 1.40 bits per heavy atom. The van der Waals surface area contributed by atoms with Crippen molar-refractivity contribution in [1.29, 1.82) is 0 Å². The zero-order chi connectivity index (χ0) is 11.1. The zero-order valence-corrected chi connectivity index (χ0v) is 10.3. The molecule has 3 atom stereocenters. The minimum absolute atomic E-state index is 0.368. The molecule has 82 valence electrons. The fourth-order valence-electron chi connectivity index (χ4n) is 2.85. The summed E-state index contributed by atoms with van der Waals surface area (Å²) in [6.45, 7) is 9.29. The largest absolute Gasteiger partial charge is 0.0874 e. The van der Waals surface area contributed by atoms with Gasteiger partial charge in [-0.1, -0.05) is 58.1 Å². The first-order valence-corrected chi connectivity index (χ1v) is 6.10. The van der Waals surface area contributed by atoms with Crippen LogP contribution in [0.15, 0.2) is 36.0 Å². The Balaban J connectivity index is 2.33. The van der Waals surface area contributed by atoms with Crippen molar-refractivity contribution in [2.45, 2.75) is 34.1 Å². The van der Waals surface area contributed by atoms with E-state index in [1.54, 1.807) is 0 Å². The van der Waals surface area contributed by atoms with E-state index in [-0.39, 0.29) is 0 Å².